The van der Waals surface area contributed by atoms with Crippen molar-refractivity contribution in [2.75, 3.05) is 31.1 Å². The third-order valence-electron chi connectivity index (χ3n) is 4.12. The van der Waals surface area contributed by atoms with Gasteiger partial charge in [-0.15, -0.1) is 0 Å². The second kappa shape index (κ2) is 5.38. The number of hydrogen-bond donors (Lipinski definition) is 1. The average molecular weight is 376 g/mol. The molecule has 1 aliphatic rings. The van der Waals surface area contributed by atoms with E-state index in [0.29, 0.717) is 26.2 Å². The van der Waals surface area contributed by atoms with Crippen LogP contribution in [-0.4, -0.2) is 56.6 Å². The van der Waals surface area contributed by atoms with Crippen molar-refractivity contribution in [2.24, 2.45) is 0 Å². The molecule has 7 nitrogen and oxygen atoms in total. The Kier molecular flexibility index (Phi) is 3.33. The molecule has 1 aliphatic heterocycles. The van der Waals surface area contributed by atoms with Crippen LogP contribution >= 0.6 is 15.9 Å². The van der Waals surface area contributed by atoms with E-state index in [4.69, 9.17) is 10.1 Å². The van der Waals surface area contributed by atoms with Crippen molar-refractivity contribution >= 4 is 44.5 Å². The predicted octanol–water partition coefficient (Wildman–Crippen LogP) is 2.45. The summed E-state index contributed by atoms with van der Waals surface area (Å²) in [5.74, 6) is 0.791. The summed E-state index contributed by atoms with van der Waals surface area (Å²) < 4.78 is 2.90. The molecule has 1 saturated heterocycles. The monoisotopic (exact) mass is 375 g/mol. The molecule has 0 bridgehead atoms. The quantitative estimate of drug-likeness (QED) is 0.706. The van der Waals surface area contributed by atoms with Crippen molar-refractivity contribution in [3.8, 4) is 0 Å². The molecule has 8 heteroatoms. The number of benzene rings is 1. The van der Waals surface area contributed by atoms with Gasteiger partial charge in [0.2, 0.25) is 0 Å². The van der Waals surface area contributed by atoms with Gasteiger partial charge < -0.3 is 14.9 Å². The number of halogens is 1. The van der Waals surface area contributed by atoms with Gasteiger partial charge in [-0.2, -0.15) is 0 Å². The van der Waals surface area contributed by atoms with E-state index in [-0.39, 0.29) is 0 Å². The predicted molar refractivity (Wildman–Crippen MR) is 90.0 cm³/mol. The Balaban J connectivity index is 1.82. The number of carbonyl (C=O) groups is 1. The molecule has 118 valence electrons. The molecule has 1 aromatic carbocycles. The molecule has 0 saturated carbocycles. The molecule has 4 rings (SSSR count). The fourth-order valence-electron chi connectivity index (χ4n) is 2.95. The maximum atomic E-state index is 11.1. The largest absolute Gasteiger partial charge is 0.465 e. The molecule has 3 aromatic rings. The number of carboxylic acid groups (broad SMARTS) is 1. The molecule has 3 heterocycles. The molecular formula is C15H14BrN5O2. The van der Waals surface area contributed by atoms with Crippen LogP contribution in [0.15, 0.2) is 35.1 Å². The van der Waals surface area contributed by atoms with Gasteiger partial charge in [-0.25, -0.2) is 14.8 Å². The summed E-state index contributed by atoms with van der Waals surface area (Å²) in [6, 6.07) is 7.91. The van der Waals surface area contributed by atoms with Crippen molar-refractivity contribution < 1.29 is 9.90 Å². The van der Waals surface area contributed by atoms with Gasteiger partial charge in [-0.05, 0) is 28.1 Å². The second-order valence-corrected chi connectivity index (χ2v) is 6.23. The fraction of sp³-hybridized carbons (Fsp3) is 0.267. The summed E-state index contributed by atoms with van der Waals surface area (Å²) in [6.45, 7) is 2.16. The van der Waals surface area contributed by atoms with Crippen LogP contribution in [0.4, 0.5) is 10.6 Å². The summed E-state index contributed by atoms with van der Waals surface area (Å²) in [6.07, 6.45) is 0.894. The molecule has 1 N–H and O–H groups in total. The number of nitrogens with zero attached hydrogens (tertiary/aromatic N) is 5. The highest BCUT2D eigenvalue weighted by Crippen LogP contribution is 2.28. The van der Waals surface area contributed by atoms with Crippen LogP contribution in [0.5, 0.6) is 0 Å². The second-order valence-electron chi connectivity index (χ2n) is 5.42. The van der Waals surface area contributed by atoms with Crippen LogP contribution in [0, 0.1) is 0 Å². The van der Waals surface area contributed by atoms with Crippen LogP contribution in [0.2, 0.25) is 0 Å². The lowest BCUT2D eigenvalue weighted by Crippen LogP contribution is -2.48. The summed E-state index contributed by atoms with van der Waals surface area (Å²) >= 11 is 3.54. The first-order valence-corrected chi connectivity index (χ1v) is 8.09. The van der Waals surface area contributed by atoms with E-state index in [1.807, 2.05) is 28.7 Å². The van der Waals surface area contributed by atoms with Crippen molar-refractivity contribution in [1.82, 2.24) is 19.3 Å². The van der Waals surface area contributed by atoms with Crippen LogP contribution in [0.25, 0.3) is 16.7 Å². The van der Waals surface area contributed by atoms with Gasteiger partial charge in [0.05, 0.1) is 17.2 Å². The highest BCUT2D eigenvalue weighted by Gasteiger charge is 2.24. The highest BCUT2D eigenvalue weighted by molar-refractivity contribution is 9.10. The van der Waals surface area contributed by atoms with Crippen molar-refractivity contribution in [3.05, 3.63) is 35.1 Å². The van der Waals surface area contributed by atoms with Gasteiger partial charge in [0.25, 0.3) is 0 Å². The van der Waals surface area contributed by atoms with Gasteiger partial charge in [0.15, 0.2) is 11.5 Å². The minimum atomic E-state index is -0.871. The molecular weight excluding hydrogens is 362 g/mol. The number of amides is 1. The van der Waals surface area contributed by atoms with Crippen molar-refractivity contribution in [1.29, 1.82) is 0 Å². The Bertz CT molecular complexity index is 901. The zero-order valence-corrected chi connectivity index (χ0v) is 13.8. The molecule has 2 aromatic heterocycles. The van der Waals surface area contributed by atoms with Crippen LogP contribution in [-0.2, 0) is 0 Å². The topological polar surface area (TPSA) is 74.0 Å². The van der Waals surface area contributed by atoms with E-state index in [0.717, 1.165) is 27.1 Å². The Morgan fingerprint density at radius 2 is 1.91 bits per heavy atom. The maximum Gasteiger partial charge on any atom is 0.407 e. The zero-order valence-electron chi connectivity index (χ0n) is 12.2. The standard InChI is InChI=1S/C15H14BrN5O2/c16-12-9-17-13-14(19-5-7-20(8-6-19)15(22)23)18-10-3-1-2-4-11(10)21(12)13/h1-4,9H,5-8H2,(H,22,23). The minimum Gasteiger partial charge on any atom is -0.465 e. The number of imidazole rings is 1. The third-order valence-corrected chi connectivity index (χ3v) is 4.68. The van der Waals surface area contributed by atoms with E-state index in [1.165, 1.54) is 4.90 Å². The number of anilines is 1. The first-order valence-electron chi connectivity index (χ1n) is 7.29. The van der Waals surface area contributed by atoms with Gasteiger partial charge in [0, 0.05) is 26.2 Å². The summed E-state index contributed by atoms with van der Waals surface area (Å²) in [4.78, 5) is 23.8. The zero-order chi connectivity index (χ0) is 16.0. The van der Waals surface area contributed by atoms with Gasteiger partial charge in [-0.1, -0.05) is 12.1 Å². The smallest absolute Gasteiger partial charge is 0.407 e. The van der Waals surface area contributed by atoms with E-state index in [1.54, 1.807) is 6.20 Å². The normalized spacial score (nSPS) is 15.5. The summed E-state index contributed by atoms with van der Waals surface area (Å²) in [5, 5.41) is 9.08. The van der Waals surface area contributed by atoms with E-state index in [2.05, 4.69) is 25.8 Å². The number of hydrogen-bond acceptors (Lipinski definition) is 4. The van der Waals surface area contributed by atoms with E-state index >= 15 is 0 Å². The first kappa shape index (κ1) is 14.3. The molecule has 0 spiro atoms. The lowest BCUT2D eigenvalue weighted by molar-refractivity contribution is 0.142. The summed E-state index contributed by atoms with van der Waals surface area (Å²) in [7, 11) is 0. The Hall–Kier alpha value is -2.35. The van der Waals surface area contributed by atoms with Crippen LogP contribution in [0.3, 0.4) is 0 Å². The SMILES string of the molecule is O=C(O)N1CCN(c2nc3ccccc3n3c(Br)cnc23)CC1. The highest BCUT2D eigenvalue weighted by atomic mass is 79.9. The van der Waals surface area contributed by atoms with Crippen LogP contribution < -0.4 is 4.90 Å². The molecule has 0 radical (unpaired) electrons. The molecule has 0 unspecified atom stereocenters. The van der Waals surface area contributed by atoms with Gasteiger partial charge >= 0.3 is 6.09 Å². The van der Waals surface area contributed by atoms with Gasteiger partial charge in [0.1, 0.15) is 4.60 Å². The lowest BCUT2D eigenvalue weighted by Gasteiger charge is -2.34. The number of aromatic nitrogens is 3. The summed E-state index contributed by atoms with van der Waals surface area (Å²) in [5.41, 5.74) is 2.65. The number of para-hydroxylation sites is 2. The Labute approximate surface area is 140 Å². The Morgan fingerprint density at radius 1 is 1.17 bits per heavy atom. The Morgan fingerprint density at radius 3 is 2.65 bits per heavy atom. The number of rotatable bonds is 1. The molecule has 0 aliphatic carbocycles. The van der Waals surface area contributed by atoms with Gasteiger partial charge in [-0.3, -0.25) is 4.40 Å². The molecule has 1 amide bonds. The van der Waals surface area contributed by atoms with Crippen LogP contribution in [0.1, 0.15) is 0 Å². The van der Waals surface area contributed by atoms with Crippen molar-refractivity contribution in [2.45, 2.75) is 0 Å². The molecule has 23 heavy (non-hydrogen) atoms. The average Bonchev–Trinajstić information content (AvgIpc) is 2.96. The molecule has 1 fully saturated rings. The lowest BCUT2D eigenvalue weighted by atomic mass is 10.3. The number of fused-ring (bicyclic) bond motifs is 3. The molecule has 0 atom stereocenters. The fourth-order valence-corrected chi connectivity index (χ4v) is 3.41. The van der Waals surface area contributed by atoms with E-state index in [9.17, 15) is 4.79 Å². The number of piperazine rings is 1. The van der Waals surface area contributed by atoms with E-state index < -0.39 is 6.09 Å². The minimum absolute atomic E-state index is 0.470. The maximum absolute atomic E-state index is 11.1. The third kappa shape index (κ3) is 2.29. The van der Waals surface area contributed by atoms with Crippen molar-refractivity contribution in [3.63, 3.8) is 0 Å². The first-order chi connectivity index (χ1) is 11.1.